The second-order valence-corrected chi connectivity index (χ2v) is 5.53. The van der Waals surface area contributed by atoms with Crippen LogP contribution in [0, 0.1) is 10.1 Å². The highest BCUT2D eigenvalue weighted by molar-refractivity contribution is 5.98. The lowest BCUT2D eigenvalue weighted by atomic mass is 10.1. The number of hydrogen-bond acceptors (Lipinski definition) is 6. The number of rotatable bonds is 7. The number of aromatic hydroxyl groups is 1. The van der Waals surface area contributed by atoms with E-state index in [2.05, 4.69) is 10.1 Å². The Labute approximate surface area is 156 Å². The molecule has 11 heteroatoms. The van der Waals surface area contributed by atoms with Gasteiger partial charge in [-0.15, -0.1) is 0 Å². The van der Waals surface area contributed by atoms with Gasteiger partial charge in [0.1, 0.15) is 11.3 Å². The molecule has 0 aliphatic carbocycles. The van der Waals surface area contributed by atoms with Crippen molar-refractivity contribution in [3.05, 3.63) is 57.6 Å². The number of benzene rings is 2. The van der Waals surface area contributed by atoms with Crippen molar-refractivity contribution in [1.82, 2.24) is 5.32 Å². The molecule has 0 aromatic heterocycles. The third-order valence-corrected chi connectivity index (χ3v) is 3.51. The van der Waals surface area contributed by atoms with E-state index in [9.17, 15) is 33.2 Å². The van der Waals surface area contributed by atoms with Crippen LogP contribution < -0.4 is 14.8 Å². The number of methoxy groups -OCH3 is 1. The van der Waals surface area contributed by atoms with Crippen molar-refractivity contribution in [2.24, 2.45) is 0 Å². The molecule has 0 bridgehead atoms. The van der Waals surface area contributed by atoms with E-state index in [0.717, 1.165) is 18.2 Å². The standard InChI is InChI=1S/C17H15F3N2O6/c1-27-15-6-10(2-5-14(15)23)8-21-16(24)12-7-11(28-9-17(18,19)20)3-4-13(12)22(25)26/h2-7,23H,8-9H2,1H3,(H,21,24). The Hall–Kier alpha value is -3.50. The van der Waals surface area contributed by atoms with Crippen LogP contribution in [0.2, 0.25) is 0 Å². The number of nitro benzene ring substituents is 1. The molecule has 0 unspecified atom stereocenters. The van der Waals surface area contributed by atoms with Crippen LogP contribution in [0.25, 0.3) is 0 Å². The number of hydrogen-bond donors (Lipinski definition) is 2. The summed E-state index contributed by atoms with van der Waals surface area (Å²) in [5.41, 5.74) is -0.509. The highest BCUT2D eigenvalue weighted by Crippen LogP contribution is 2.27. The molecule has 150 valence electrons. The molecule has 2 rings (SSSR count). The van der Waals surface area contributed by atoms with Gasteiger partial charge < -0.3 is 19.9 Å². The number of nitro groups is 1. The molecule has 2 N–H and O–H groups in total. The Kier molecular flexibility index (Phi) is 6.29. The minimum Gasteiger partial charge on any atom is -0.504 e. The predicted molar refractivity (Wildman–Crippen MR) is 90.5 cm³/mol. The second kappa shape index (κ2) is 8.46. The molecule has 2 aromatic carbocycles. The number of ether oxygens (including phenoxy) is 2. The van der Waals surface area contributed by atoms with Gasteiger partial charge in [-0.1, -0.05) is 6.07 Å². The van der Waals surface area contributed by atoms with Crippen molar-refractivity contribution in [3.8, 4) is 17.2 Å². The monoisotopic (exact) mass is 400 g/mol. The zero-order valence-corrected chi connectivity index (χ0v) is 14.4. The summed E-state index contributed by atoms with van der Waals surface area (Å²) < 4.78 is 46.3. The van der Waals surface area contributed by atoms with Crippen molar-refractivity contribution in [2.75, 3.05) is 13.7 Å². The molecule has 28 heavy (non-hydrogen) atoms. The van der Waals surface area contributed by atoms with Crippen LogP contribution in [0.3, 0.4) is 0 Å². The summed E-state index contributed by atoms with van der Waals surface area (Å²) in [4.78, 5) is 22.6. The molecular formula is C17H15F3N2O6. The molecule has 0 atom stereocenters. The van der Waals surface area contributed by atoms with E-state index in [-0.39, 0.29) is 23.8 Å². The fourth-order valence-electron chi connectivity index (χ4n) is 2.22. The minimum atomic E-state index is -4.60. The lowest BCUT2D eigenvalue weighted by Gasteiger charge is -2.11. The number of phenolic OH excluding ortho intramolecular Hbond substituents is 1. The summed E-state index contributed by atoms with van der Waals surface area (Å²) in [6.07, 6.45) is -4.60. The maximum atomic E-state index is 12.3. The summed E-state index contributed by atoms with van der Waals surface area (Å²) in [6, 6.07) is 7.03. The van der Waals surface area contributed by atoms with Gasteiger partial charge in [-0.2, -0.15) is 13.2 Å². The summed E-state index contributed by atoms with van der Waals surface area (Å²) in [5.74, 6) is -1.15. The number of amides is 1. The smallest absolute Gasteiger partial charge is 0.422 e. The van der Waals surface area contributed by atoms with E-state index in [1.165, 1.54) is 25.3 Å². The van der Waals surface area contributed by atoms with E-state index >= 15 is 0 Å². The second-order valence-electron chi connectivity index (χ2n) is 5.53. The zero-order chi connectivity index (χ0) is 20.9. The Bertz CT molecular complexity index is 886. The van der Waals surface area contributed by atoms with Gasteiger partial charge in [-0.3, -0.25) is 14.9 Å². The highest BCUT2D eigenvalue weighted by Gasteiger charge is 2.29. The first-order valence-electron chi connectivity index (χ1n) is 7.73. The molecule has 0 saturated heterocycles. The summed E-state index contributed by atoms with van der Waals surface area (Å²) in [6.45, 7) is -1.67. The largest absolute Gasteiger partial charge is 0.504 e. The van der Waals surface area contributed by atoms with E-state index in [1.807, 2.05) is 0 Å². The van der Waals surface area contributed by atoms with E-state index < -0.39 is 34.9 Å². The molecular weight excluding hydrogens is 385 g/mol. The van der Waals surface area contributed by atoms with Crippen molar-refractivity contribution >= 4 is 11.6 Å². The number of halogens is 3. The average molecular weight is 400 g/mol. The zero-order valence-electron chi connectivity index (χ0n) is 14.4. The third kappa shape index (κ3) is 5.50. The predicted octanol–water partition coefficient (Wildman–Crippen LogP) is 3.18. The van der Waals surface area contributed by atoms with Crippen LogP contribution in [0.1, 0.15) is 15.9 Å². The number of phenols is 1. The highest BCUT2D eigenvalue weighted by atomic mass is 19.4. The van der Waals surface area contributed by atoms with Crippen molar-refractivity contribution < 1.29 is 37.5 Å². The van der Waals surface area contributed by atoms with Crippen LogP contribution in [0.15, 0.2) is 36.4 Å². The van der Waals surface area contributed by atoms with Crippen LogP contribution >= 0.6 is 0 Å². The number of nitrogens with one attached hydrogen (secondary N) is 1. The molecule has 0 aliphatic rings. The van der Waals surface area contributed by atoms with Crippen molar-refractivity contribution in [3.63, 3.8) is 0 Å². The maximum absolute atomic E-state index is 12.3. The van der Waals surface area contributed by atoms with Crippen LogP contribution in [0.5, 0.6) is 17.2 Å². The van der Waals surface area contributed by atoms with E-state index in [1.54, 1.807) is 0 Å². The van der Waals surface area contributed by atoms with Gasteiger partial charge in [0, 0.05) is 12.6 Å². The fourth-order valence-corrected chi connectivity index (χ4v) is 2.22. The molecule has 8 nitrogen and oxygen atoms in total. The number of alkyl halides is 3. The summed E-state index contributed by atoms with van der Waals surface area (Å²) in [7, 11) is 1.34. The fraction of sp³-hybridized carbons (Fsp3) is 0.235. The first kappa shape index (κ1) is 20.8. The lowest BCUT2D eigenvalue weighted by Crippen LogP contribution is -2.24. The van der Waals surface area contributed by atoms with E-state index in [0.29, 0.717) is 5.56 Å². The molecule has 0 aliphatic heterocycles. The van der Waals surface area contributed by atoms with Crippen LogP contribution in [-0.2, 0) is 6.54 Å². The molecule has 0 spiro atoms. The van der Waals surface area contributed by atoms with E-state index in [4.69, 9.17) is 4.74 Å². The van der Waals surface area contributed by atoms with Crippen LogP contribution in [0.4, 0.5) is 18.9 Å². The van der Waals surface area contributed by atoms with Gasteiger partial charge in [0.05, 0.1) is 12.0 Å². The van der Waals surface area contributed by atoms with Gasteiger partial charge >= 0.3 is 6.18 Å². The minimum absolute atomic E-state index is 0.0692. The third-order valence-electron chi connectivity index (χ3n) is 3.51. The van der Waals surface area contributed by atoms with Crippen molar-refractivity contribution in [2.45, 2.75) is 12.7 Å². The first-order chi connectivity index (χ1) is 13.1. The molecule has 1 amide bonds. The molecule has 0 fully saturated rings. The Morgan fingerprint density at radius 2 is 1.96 bits per heavy atom. The van der Waals surface area contributed by atoms with Crippen molar-refractivity contribution in [1.29, 1.82) is 0 Å². The first-order valence-corrected chi connectivity index (χ1v) is 7.73. The SMILES string of the molecule is COc1cc(CNC(=O)c2cc(OCC(F)(F)F)ccc2[N+](=O)[O-])ccc1O. The Morgan fingerprint density at radius 3 is 2.57 bits per heavy atom. The Morgan fingerprint density at radius 1 is 1.25 bits per heavy atom. The molecule has 0 saturated carbocycles. The lowest BCUT2D eigenvalue weighted by molar-refractivity contribution is -0.385. The average Bonchev–Trinajstić information content (AvgIpc) is 2.64. The van der Waals surface area contributed by atoms with Gasteiger partial charge in [0.25, 0.3) is 11.6 Å². The van der Waals surface area contributed by atoms with Gasteiger partial charge in [0.2, 0.25) is 0 Å². The summed E-state index contributed by atoms with van der Waals surface area (Å²) >= 11 is 0. The van der Waals surface area contributed by atoms with Gasteiger partial charge in [-0.05, 0) is 29.8 Å². The molecule has 0 heterocycles. The van der Waals surface area contributed by atoms with Crippen LogP contribution in [-0.4, -0.2) is 35.8 Å². The topological polar surface area (TPSA) is 111 Å². The molecule has 0 radical (unpaired) electrons. The van der Waals surface area contributed by atoms with Gasteiger partial charge in [-0.25, -0.2) is 0 Å². The quantitative estimate of drug-likeness (QED) is 0.546. The maximum Gasteiger partial charge on any atom is 0.422 e. The normalized spacial score (nSPS) is 11.0. The number of carbonyl (C=O) groups excluding carboxylic acids is 1. The molecule has 2 aromatic rings. The van der Waals surface area contributed by atoms with Gasteiger partial charge in [0.15, 0.2) is 18.1 Å². The number of carbonyl (C=O) groups is 1. The summed E-state index contributed by atoms with van der Waals surface area (Å²) in [5, 5.41) is 23.1. The number of nitrogens with zero attached hydrogens (tertiary/aromatic N) is 1. The Balaban J connectivity index is 2.19.